The van der Waals surface area contributed by atoms with Crippen LogP contribution in [0.25, 0.3) is 96.3 Å². The van der Waals surface area contributed by atoms with Crippen LogP contribution in [0.15, 0.2) is 146 Å². The average Bonchev–Trinajstić information content (AvgIpc) is 3.50. The molecule has 0 fully saturated rings. The minimum absolute atomic E-state index is 1.15. The summed E-state index contributed by atoms with van der Waals surface area (Å²) in [5.41, 5.74) is 4.99. The summed E-state index contributed by atoms with van der Waals surface area (Å²) in [7, 11) is 0. The maximum Gasteiger partial charge on any atom is 0.0531 e. The van der Waals surface area contributed by atoms with Gasteiger partial charge in [0, 0.05) is 20.9 Å². The van der Waals surface area contributed by atoms with Crippen LogP contribution < -0.4 is 0 Å². The molecule has 206 valence electrons. The molecule has 45 heavy (non-hydrogen) atoms. The normalized spacial score (nSPS) is 11.8. The highest BCUT2D eigenvalue weighted by Gasteiger charge is 2.16. The van der Waals surface area contributed by atoms with Crippen LogP contribution in [0.3, 0.4) is 0 Å². The van der Waals surface area contributed by atoms with Gasteiger partial charge in [-0.2, -0.15) is 0 Å². The lowest BCUT2D eigenvalue weighted by Crippen LogP contribution is -1.83. The van der Waals surface area contributed by atoms with Gasteiger partial charge in [0.2, 0.25) is 0 Å². The van der Waals surface area contributed by atoms with Crippen molar-refractivity contribution in [3.63, 3.8) is 0 Å². The van der Waals surface area contributed by atoms with Gasteiger partial charge in [0.25, 0.3) is 0 Å². The standard InChI is InChI=1S/C44H24S/c1-2-9-28-24-29(17-16-27(28)8-1)30-18-19-32-26-33(21-20-31(32)25-30)34-14-7-15-40-41-23-22-39-37-12-4-3-10-35(37)36-11-5-6-13-38(36)42(39)44(41)45-43(34)40/h1-21,24-26H. The number of thiophene rings is 1. The molecular weight excluding hydrogens is 561 g/mol. The summed E-state index contributed by atoms with van der Waals surface area (Å²) in [5, 5.41) is 14.9. The molecule has 10 aromatic rings. The summed E-state index contributed by atoms with van der Waals surface area (Å²) in [5.74, 6) is 0. The number of fused-ring (bicyclic) bond motifs is 12. The molecule has 0 bridgehead atoms. The Labute approximate surface area is 264 Å². The first-order chi connectivity index (χ1) is 22.3. The topological polar surface area (TPSA) is 0 Å². The number of hydrogen-bond acceptors (Lipinski definition) is 1. The predicted octanol–water partition coefficient (Wildman–Crippen LogP) is 12.8. The molecular formula is C44H24S. The molecule has 0 saturated carbocycles. The third-order valence-corrected chi connectivity index (χ3v) is 10.7. The predicted molar refractivity (Wildman–Crippen MR) is 195 cm³/mol. The van der Waals surface area contributed by atoms with Gasteiger partial charge < -0.3 is 0 Å². The third-order valence-electron chi connectivity index (χ3n) is 9.42. The molecule has 0 radical (unpaired) electrons. The second-order valence-corrected chi connectivity index (χ2v) is 12.9. The summed E-state index contributed by atoms with van der Waals surface area (Å²) in [4.78, 5) is 0. The van der Waals surface area contributed by atoms with Gasteiger partial charge in [-0.1, -0.05) is 140 Å². The Hall–Kier alpha value is -5.68. The van der Waals surface area contributed by atoms with Gasteiger partial charge in [0.1, 0.15) is 0 Å². The van der Waals surface area contributed by atoms with Crippen LogP contribution in [0.5, 0.6) is 0 Å². The smallest absolute Gasteiger partial charge is 0.0531 e. The Morgan fingerprint density at radius 3 is 1.67 bits per heavy atom. The molecule has 10 rings (SSSR count). The zero-order valence-electron chi connectivity index (χ0n) is 24.3. The molecule has 0 saturated heterocycles. The van der Waals surface area contributed by atoms with Crippen molar-refractivity contribution in [1.29, 1.82) is 0 Å². The molecule has 0 spiro atoms. The highest BCUT2D eigenvalue weighted by molar-refractivity contribution is 7.27. The summed E-state index contributed by atoms with van der Waals surface area (Å²) >= 11 is 1.89. The summed E-state index contributed by atoms with van der Waals surface area (Å²) in [6, 6.07) is 60.4. The van der Waals surface area contributed by atoms with Gasteiger partial charge in [0.05, 0.1) is 10.1 Å². The monoisotopic (exact) mass is 584 g/mol. The van der Waals surface area contributed by atoms with E-state index in [0.29, 0.717) is 0 Å². The Morgan fingerprint density at radius 1 is 0.356 bits per heavy atom. The largest absolute Gasteiger partial charge is 0.133 e. The van der Waals surface area contributed by atoms with Gasteiger partial charge in [-0.05, 0) is 83.5 Å². The van der Waals surface area contributed by atoms with E-state index in [1.807, 2.05) is 11.3 Å². The molecule has 9 aromatic carbocycles. The van der Waals surface area contributed by atoms with E-state index >= 15 is 0 Å². The van der Waals surface area contributed by atoms with Crippen LogP contribution in [0.2, 0.25) is 0 Å². The van der Waals surface area contributed by atoms with Crippen LogP contribution in [0.4, 0.5) is 0 Å². The van der Waals surface area contributed by atoms with E-state index in [2.05, 4.69) is 158 Å². The van der Waals surface area contributed by atoms with E-state index in [1.165, 1.54) is 85.5 Å². The molecule has 1 aromatic heterocycles. The highest BCUT2D eigenvalue weighted by atomic mass is 32.1. The van der Waals surface area contributed by atoms with E-state index in [-0.39, 0.29) is 0 Å². The molecule has 0 amide bonds. The molecule has 0 unspecified atom stereocenters. The zero-order valence-corrected chi connectivity index (χ0v) is 25.1. The lowest BCUT2D eigenvalue weighted by atomic mass is 9.94. The Bertz CT molecular complexity index is 2780. The van der Waals surface area contributed by atoms with Gasteiger partial charge >= 0.3 is 0 Å². The second-order valence-electron chi connectivity index (χ2n) is 11.9. The van der Waals surface area contributed by atoms with Gasteiger partial charge in [-0.25, -0.2) is 0 Å². The van der Waals surface area contributed by atoms with Crippen LogP contribution >= 0.6 is 11.3 Å². The van der Waals surface area contributed by atoms with E-state index < -0.39 is 0 Å². The molecule has 0 aliphatic carbocycles. The Balaban J connectivity index is 1.16. The fourth-order valence-corrected chi connectivity index (χ4v) is 8.60. The average molecular weight is 585 g/mol. The van der Waals surface area contributed by atoms with Crippen molar-refractivity contribution < 1.29 is 0 Å². The van der Waals surface area contributed by atoms with Crippen LogP contribution in [-0.2, 0) is 0 Å². The number of benzene rings is 8. The molecule has 1 heterocycles. The first-order valence-electron chi connectivity index (χ1n) is 15.3. The quantitative estimate of drug-likeness (QED) is 0.177. The van der Waals surface area contributed by atoms with Crippen molar-refractivity contribution >= 4 is 85.4 Å². The molecule has 1 heteroatoms. The first-order valence-corrected chi connectivity index (χ1v) is 16.2. The Morgan fingerprint density at radius 2 is 0.889 bits per heavy atom. The van der Waals surface area contributed by atoms with Crippen LogP contribution in [-0.4, -0.2) is 0 Å². The first kappa shape index (κ1) is 24.7. The van der Waals surface area contributed by atoms with Crippen molar-refractivity contribution in [3.05, 3.63) is 158 Å². The van der Waals surface area contributed by atoms with Crippen molar-refractivity contribution in [1.82, 2.24) is 0 Å². The lowest BCUT2D eigenvalue weighted by Gasteiger charge is -2.09. The minimum Gasteiger partial charge on any atom is -0.133 e. The molecule has 0 nitrogen and oxygen atoms in total. The van der Waals surface area contributed by atoms with E-state index in [9.17, 15) is 0 Å². The molecule has 0 aliphatic heterocycles. The SMILES string of the molecule is c1c2c3cccc(-c4ccc5cc(-c6ccc7ccccc7c6)ccc5c4)c3sc2c2c(c#1)c1ccccc1c1ccccc12. The van der Waals surface area contributed by atoms with Crippen molar-refractivity contribution in [2.45, 2.75) is 0 Å². The Kier molecular flexibility index (Phi) is 5.17. The van der Waals surface area contributed by atoms with Crippen LogP contribution in [0, 0.1) is 12.1 Å². The molecule has 0 atom stereocenters. The van der Waals surface area contributed by atoms with Gasteiger partial charge in [0.15, 0.2) is 0 Å². The number of rotatable bonds is 2. The maximum atomic E-state index is 3.60. The molecule has 0 N–H and O–H groups in total. The van der Waals surface area contributed by atoms with E-state index in [1.54, 1.807) is 0 Å². The van der Waals surface area contributed by atoms with Crippen LogP contribution in [0.1, 0.15) is 0 Å². The fraction of sp³-hybridized carbons (Fsp3) is 0. The summed E-state index contributed by atoms with van der Waals surface area (Å²) < 4.78 is 2.59. The highest BCUT2D eigenvalue weighted by Crippen LogP contribution is 2.45. The lowest BCUT2D eigenvalue weighted by molar-refractivity contribution is 1.66. The third kappa shape index (κ3) is 3.67. The van der Waals surface area contributed by atoms with Crippen molar-refractivity contribution in [3.8, 4) is 22.3 Å². The second kappa shape index (κ2) is 9.41. The van der Waals surface area contributed by atoms with Gasteiger partial charge in [-0.3, -0.25) is 0 Å². The zero-order chi connectivity index (χ0) is 29.5. The minimum atomic E-state index is 1.15. The van der Waals surface area contributed by atoms with Crippen molar-refractivity contribution in [2.24, 2.45) is 0 Å². The molecule has 0 aliphatic rings. The summed E-state index contributed by atoms with van der Waals surface area (Å²) in [6.45, 7) is 0. The number of hydrogen-bond donors (Lipinski definition) is 0. The van der Waals surface area contributed by atoms with Gasteiger partial charge in [-0.15, -0.1) is 11.3 Å². The maximum absolute atomic E-state index is 3.60. The van der Waals surface area contributed by atoms with E-state index in [0.717, 1.165) is 10.8 Å². The van der Waals surface area contributed by atoms with E-state index in [4.69, 9.17) is 0 Å². The fourth-order valence-electron chi connectivity index (χ4n) is 7.24. The van der Waals surface area contributed by atoms with Crippen molar-refractivity contribution in [2.75, 3.05) is 0 Å². The summed E-state index contributed by atoms with van der Waals surface area (Å²) in [6.07, 6.45) is 0.